The molecule has 0 amide bonds. The van der Waals surface area contributed by atoms with E-state index in [1.165, 1.54) is 0 Å². The highest BCUT2D eigenvalue weighted by atomic mass is 16.3. The number of aliphatic hydroxyl groups is 1. The van der Waals surface area contributed by atoms with E-state index in [4.69, 9.17) is 10.8 Å². The minimum absolute atomic E-state index is 0. The van der Waals surface area contributed by atoms with Gasteiger partial charge in [0.05, 0.1) is 6.10 Å². The average Bonchev–Trinajstić information content (AvgIpc) is 1.65. The quantitative estimate of drug-likeness (QED) is 0.459. The lowest BCUT2D eigenvalue weighted by Gasteiger charge is -1.98. The highest BCUT2D eigenvalue weighted by molar-refractivity contribution is 4.48. The van der Waals surface area contributed by atoms with E-state index in [1.807, 2.05) is 6.92 Å². The van der Waals surface area contributed by atoms with Crippen molar-refractivity contribution >= 4 is 0 Å². The maximum Gasteiger partial charge on any atom is 0.0659 e. The van der Waals surface area contributed by atoms with Crippen molar-refractivity contribution in [2.45, 2.75) is 19.4 Å². The second kappa shape index (κ2) is 5.88. The van der Waals surface area contributed by atoms with Crippen LogP contribution < -0.4 is 11.9 Å². The van der Waals surface area contributed by atoms with Gasteiger partial charge in [0.25, 0.3) is 0 Å². The van der Waals surface area contributed by atoms with Gasteiger partial charge in [-0.2, -0.15) is 0 Å². The maximum atomic E-state index is 8.54. The molecule has 0 aromatic carbocycles. The van der Waals surface area contributed by atoms with Crippen molar-refractivity contribution in [3.05, 3.63) is 0 Å². The molecule has 0 bridgehead atoms. The first kappa shape index (κ1) is 9.99. The molecule has 0 aliphatic rings. The molecule has 0 heterocycles. The highest BCUT2D eigenvalue weighted by Gasteiger charge is 1.90. The number of hydrogen-bond acceptors (Lipinski definition) is 3. The Hall–Kier alpha value is -0.120. The van der Waals surface area contributed by atoms with Crippen LogP contribution in [0.5, 0.6) is 0 Å². The molecule has 0 aromatic rings. The van der Waals surface area contributed by atoms with E-state index >= 15 is 0 Å². The molecule has 0 aromatic heterocycles. The molecule has 1 unspecified atom stereocenters. The number of rotatable bonds is 2. The third-order valence-corrected chi connectivity index (χ3v) is 0.743. The van der Waals surface area contributed by atoms with Crippen LogP contribution in [-0.2, 0) is 0 Å². The van der Waals surface area contributed by atoms with E-state index in [0.29, 0.717) is 6.54 Å². The fraction of sp³-hybridized carbons (Fsp3) is 1.00. The van der Waals surface area contributed by atoms with E-state index in [2.05, 4.69) is 0 Å². The lowest BCUT2D eigenvalue weighted by atomic mass is 10.3. The summed E-state index contributed by atoms with van der Waals surface area (Å²) < 4.78 is 0. The van der Waals surface area contributed by atoms with Crippen LogP contribution in [0.25, 0.3) is 0 Å². The van der Waals surface area contributed by atoms with E-state index in [1.54, 1.807) is 0 Å². The molecule has 7 heavy (non-hydrogen) atoms. The summed E-state index contributed by atoms with van der Waals surface area (Å²) in [6, 6.07) is 0. The van der Waals surface area contributed by atoms with Crippen LogP contribution in [0.15, 0.2) is 0 Å². The van der Waals surface area contributed by atoms with Gasteiger partial charge in [-0.05, 0) is 6.42 Å². The zero-order valence-corrected chi connectivity index (χ0v) is 4.72. The molecular formula is C4H14N2O. The molecule has 0 spiro atoms. The Labute approximate surface area is 44.1 Å². The van der Waals surface area contributed by atoms with Crippen LogP contribution in [0, 0.1) is 0 Å². The summed E-state index contributed by atoms with van der Waals surface area (Å²) in [5.74, 6) is 0. The molecule has 0 fully saturated rings. The molecule has 0 radical (unpaired) electrons. The summed E-state index contributed by atoms with van der Waals surface area (Å²) in [6.07, 6.45) is 0.473. The Kier molecular flexibility index (Phi) is 8.39. The topological polar surface area (TPSA) is 81.2 Å². The van der Waals surface area contributed by atoms with Gasteiger partial charge in [-0.1, -0.05) is 6.92 Å². The summed E-state index contributed by atoms with van der Waals surface area (Å²) >= 11 is 0. The second-order valence-electron chi connectivity index (χ2n) is 1.30. The fourth-order valence-corrected chi connectivity index (χ4v) is 0.167. The van der Waals surface area contributed by atoms with Crippen LogP contribution in [0.3, 0.4) is 0 Å². The fourth-order valence-electron chi connectivity index (χ4n) is 0.167. The van der Waals surface area contributed by atoms with Gasteiger partial charge in [0.2, 0.25) is 0 Å². The molecule has 6 N–H and O–H groups in total. The van der Waals surface area contributed by atoms with Gasteiger partial charge in [0.15, 0.2) is 0 Å². The summed E-state index contributed by atoms with van der Waals surface area (Å²) in [4.78, 5) is 0. The SMILES string of the molecule is CCC(O)CN.N. The first-order chi connectivity index (χ1) is 2.81. The van der Waals surface area contributed by atoms with Crippen molar-refractivity contribution in [1.29, 1.82) is 0 Å². The molecular weight excluding hydrogens is 92.1 g/mol. The first-order valence-corrected chi connectivity index (χ1v) is 2.19. The molecule has 46 valence electrons. The molecule has 0 rings (SSSR count). The van der Waals surface area contributed by atoms with Gasteiger partial charge in [-0.15, -0.1) is 0 Å². The second-order valence-corrected chi connectivity index (χ2v) is 1.30. The Morgan fingerprint density at radius 2 is 2.14 bits per heavy atom. The van der Waals surface area contributed by atoms with E-state index in [-0.39, 0.29) is 12.3 Å². The molecule has 3 nitrogen and oxygen atoms in total. The minimum Gasteiger partial charge on any atom is -0.392 e. The van der Waals surface area contributed by atoms with Gasteiger partial charge in [0, 0.05) is 6.54 Å². The Morgan fingerprint density at radius 3 is 2.14 bits per heavy atom. The monoisotopic (exact) mass is 106 g/mol. The van der Waals surface area contributed by atoms with Crippen molar-refractivity contribution in [1.82, 2.24) is 6.15 Å². The molecule has 1 atom stereocenters. The van der Waals surface area contributed by atoms with Crippen LogP contribution in [0.4, 0.5) is 0 Å². The van der Waals surface area contributed by atoms with E-state index in [9.17, 15) is 0 Å². The molecule has 0 saturated heterocycles. The summed E-state index contributed by atoms with van der Waals surface area (Å²) in [5, 5.41) is 8.54. The summed E-state index contributed by atoms with van der Waals surface area (Å²) in [6.45, 7) is 2.29. The smallest absolute Gasteiger partial charge is 0.0659 e. The lowest BCUT2D eigenvalue weighted by Crippen LogP contribution is -2.17. The molecule has 3 heteroatoms. The standard InChI is InChI=1S/C4H11NO.H3N/c1-2-4(6)3-5;/h4,6H,2-3,5H2,1H3;1H3. The largest absolute Gasteiger partial charge is 0.392 e. The summed E-state index contributed by atoms with van der Waals surface area (Å²) in [7, 11) is 0. The van der Waals surface area contributed by atoms with E-state index in [0.717, 1.165) is 6.42 Å². The zero-order chi connectivity index (χ0) is 4.99. The van der Waals surface area contributed by atoms with Crippen molar-refractivity contribution in [2.75, 3.05) is 6.54 Å². The average molecular weight is 106 g/mol. The predicted octanol–water partition coefficient (Wildman–Crippen LogP) is -0.122. The maximum absolute atomic E-state index is 8.54. The lowest BCUT2D eigenvalue weighted by molar-refractivity contribution is 0.179. The zero-order valence-electron chi connectivity index (χ0n) is 4.72. The van der Waals surface area contributed by atoms with Gasteiger partial charge >= 0.3 is 0 Å². The van der Waals surface area contributed by atoms with E-state index < -0.39 is 0 Å². The third kappa shape index (κ3) is 5.88. The molecule has 0 saturated carbocycles. The van der Waals surface area contributed by atoms with Crippen molar-refractivity contribution < 1.29 is 5.11 Å². The summed E-state index contributed by atoms with van der Waals surface area (Å²) in [5.41, 5.74) is 5.03. The van der Waals surface area contributed by atoms with Gasteiger partial charge < -0.3 is 17.0 Å². The van der Waals surface area contributed by atoms with Crippen molar-refractivity contribution in [3.8, 4) is 0 Å². The van der Waals surface area contributed by atoms with Crippen LogP contribution in [0.2, 0.25) is 0 Å². The van der Waals surface area contributed by atoms with Crippen molar-refractivity contribution in [3.63, 3.8) is 0 Å². The normalized spacial score (nSPS) is 12.4. The van der Waals surface area contributed by atoms with Crippen molar-refractivity contribution in [2.24, 2.45) is 5.73 Å². The Bertz CT molecular complexity index is 28.9. The van der Waals surface area contributed by atoms with Gasteiger partial charge in [-0.3, -0.25) is 0 Å². The van der Waals surface area contributed by atoms with Crippen LogP contribution in [0.1, 0.15) is 13.3 Å². The van der Waals surface area contributed by atoms with Crippen LogP contribution in [-0.4, -0.2) is 17.8 Å². The molecule has 0 aliphatic heterocycles. The number of nitrogens with two attached hydrogens (primary N) is 1. The highest BCUT2D eigenvalue weighted by Crippen LogP contribution is 1.81. The Morgan fingerprint density at radius 1 is 1.71 bits per heavy atom. The minimum atomic E-state index is -0.287. The van der Waals surface area contributed by atoms with Gasteiger partial charge in [-0.25, -0.2) is 0 Å². The number of hydrogen-bond donors (Lipinski definition) is 3. The molecule has 0 aliphatic carbocycles. The van der Waals surface area contributed by atoms with Crippen LogP contribution >= 0.6 is 0 Å². The predicted molar refractivity (Wildman–Crippen MR) is 30.4 cm³/mol. The first-order valence-electron chi connectivity index (χ1n) is 2.19. The number of aliphatic hydroxyl groups excluding tert-OH is 1. The third-order valence-electron chi connectivity index (χ3n) is 0.743. The Balaban J connectivity index is 0. The van der Waals surface area contributed by atoms with Gasteiger partial charge in [0.1, 0.15) is 0 Å².